The van der Waals surface area contributed by atoms with Crippen LogP contribution in [0.1, 0.15) is 72.9 Å². The molecule has 0 N–H and O–H groups in total. The van der Waals surface area contributed by atoms with E-state index in [1.807, 2.05) is 17.0 Å². The van der Waals surface area contributed by atoms with Crippen molar-refractivity contribution in [1.82, 2.24) is 4.90 Å². The smallest absolute Gasteiger partial charge is 0.406 e. The van der Waals surface area contributed by atoms with Crippen LogP contribution in [0.4, 0.5) is 13.2 Å². The number of hydrogen-bond donors (Lipinski definition) is 0. The van der Waals surface area contributed by atoms with Gasteiger partial charge in [-0.1, -0.05) is 25.0 Å². The van der Waals surface area contributed by atoms with Crippen molar-refractivity contribution in [3.8, 4) is 11.8 Å². The molecule has 2 aromatic carbocycles. The fourth-order valence-electron chi connectivity index (χ4n) is 6.51. The fourth-order valence-corrected chi connectivity index (χ4v) is 6.51. The average molecular weight is 497 g/mol. The third-order valence-electron chi connectivity index (χ3n) is 8.63. The molecule has 36 heavy (non-hydrogen) atoms. The summed E-state index contributed by atoms with van der Waals surface area (Å²) in [5.41, 5.74) is 2.81. The van der Waals surface area contributed by atoms with Gasteiger partial charge in [-0.05, 0) is 104 Å². The number of benzene rings is 2. The van der Waals surface area contributed by atoms with Gasteiger partial charge in [-0.3, -0.25) is 4.79 Å². The number of carbonyl (C=O) groups excluding carboxylic acids is 1. The van der Waals surface area contributed by atoms with Gasteiger partial charge in [0, 0.05) is 18.7 Å². The molecule has 0 radical (unpaired) electrons. The molecule has 1 aliphatic heterocycles. The van der Waals surface area contributed by atoms with Crippen molar-refractivity contribution in [3.05, 3.63) is 65.2 Å². The summed E-state index contributed by atoms with van der Waals surface area (Å²) in [6, 6.07) is 15.6. The van der Waals surface area contributed by atoms with E-state index in [-0.39, 0.29) is 11.7 Å². The summed E-state index contributed by atoms with van der Waals surface area (Å²) < 4.78 is 40.9. The Hall–Kier alpha value is -3.01. The molecule has 4 nitrogen and oxygen atoms in total. The fraction of sp³-hybridized carbons (Fsp3) is 0.517. The Labute approximate surface area is 210 Å². The molecule has 0 spiro atoms. The number of nitriles is 1. The Morgan fingerprint density at radius 2 is 1.78 bits per heavy atom. The summed E-state index contributed by atoms with van der Waals surface area (Å²) in [4.78, 5) is 14.6. The van der Waals surface area contributed by atoms with Gasteiger partial charge in [0.1, 0.15) is 5.75 Å². The Balaban J connectivity index is 1.05. The highest BCUT2D eigenvalue weighted by atomic mass is 19.4. The van der Waals surface area contributed by atoms with Crippen LogP contribution in [-0.4, -0.2) is 30.3 Å². The van der Waals surface area contributed by atoms with Crippen LogP contribution >= 0.6 is 0 Å². The Morgan fingerprint density at radius 3 is 2.44 bits per heavy atom. The molecule has 3 aliphatic rings. The van der Waals surface area contributed by atoms with Gasteiger partial charge in [0.2, 0.25) is 0 Å². The first-order valence-electron chi connectivity index (χ1n) is 12.9. The summed E-state index contributed by atoms with van der Waals surface area (Å²) in [6.45, 7) is 1.38. The molecule has 2 aliphatic carbocycles. The van der Waals surface area contributed by atoms with Gasteiger partial charge in [0.15, 0.2) is 0 Å². The summed E-state index contributed by atoms with van der Waals surface area (Å²) in [7, 11) is 0. The second-order valence-electron chi connectivity index (χ2n) is 10.8. The van der Waals surface area contributed by atoms with Crippen molar-refractivity contribution in [2.24, 2.45) is 17.8 Å². The largest absolute Gasteiger partial charge is 0.573 e. The average Bonchev–Trinajstić information content (AvgIpc) is 3.62. The summed E-state index contributed by atoms with van der Waals surface area (Å²) >= 11 is 0. The zero-order chi connectivity index (χ0) is 25.3. The second kappa shape index (κ2) is 9.80. The number of fused-ring (bicyclic) bond motifs is 1. The molecule has 3 fully saturated rings. The number of nitrogens with zero attached hydrogens (tertiary/aromatic N) is 2. The van der Waals surface area contributed by atoms with Gasteiger partial charge < -0.3 is 9.64 Å². The van der Waals surface area contributed by atoms with E-state index in [9.17, 15) is 23.2 Å². The van der Waals surface area contributed by atoms with E-state index in [2.05, 4.69) is 22.9 Å². The van der Waals surface area contributed by atoms with Crippen molar-refractivity contribution >= 4 is 5.91 Å². The van der Waals surface area contributed by atoms with Crippen LogP contribution in [0.15, 0.2) is 48.5 Å². The first kappa shape index (κ1) is 24.7. The maximum Gasteiger partial charge on any atom is 0.573 e. The molecule has 0 aromatic heterocycles. The minimum Gasteiger partial charge on any atom is -0.406 e. The van der Waals surface area contributed by atoms with Crippen LogP contribution in [0.5, 0.6) is 5.75 Å². The molecule has 2 aromatic rings. The van der Waals surface area contributed by atoms with Gasteiger partial charge >= 0.3 is 6.36 Å². The maximum absolute atomic E-state index is 12.8. The minimum atomic E-state index is -4.74. The molecule has 1 heterocycles. The highest BCUT2D eigenvalue weighted by molar-refractivity contribution is 5.94. The number of piperidine rings is 1. The van der Waals surface area contributed by atoms with Crippen LogP contribution < -0.4 is 4.74 Å². The van der Waals surface area contributed by atoms with Crippen molar-refractivity contribution in [2.45, 2.75) is 63.1 Å². The molecular formula is C29H31F3N2O2. The molecule has 0 bridgehead atoms. The number of carbonyl (C=O) groups is 1. The summed E-state index contributed by atoms with van der Waals surface area (Å²) in [5.74, 6) is 1.68. The van der Waals surface area contributed by atoms with Gasteiger partial charge in [0.25, 0.3) is 5.91 Å². The molecule has 2 saturated carbocycles. The van der Waals surface area contributed by atoms with Crippen LogP contribution in [0.2, 0.25) is 0 Å². The zero-order valence-electron chi connectivity index (χ0n) is 20.3. The zero-order valence-corrected chi connectivity index (χ0v) is 20.3. The van der Waals surface area contributed by atoms with Crippen molar-refractivity contribution in [2.75, 3.05) is 13.1 Å². The number of amides is 1. The van der Waals surface area contributed by atoms with Crippen molar-refractivity contribution in [1.29, 1.82) is 5.26 Å². The van der Waals surface area contributed by atoms with E-state index in [0.717, 1.165) is 30.2 Å². The molecule has 1 saturated heterocycles. The third-order valence-corrected chi connectivity index (χ3v) is 8.63. The first-order chi connectivity index (χ1) is 17.3. The van der Waals surface area contributed by atoms with Crippen LogP contribution in [0.3, 0.4) is 0 Å². The summed E-state index contributed by atoms with van der Waals surface area (Å²) in [5, 5.41) is 9.23. The van der Waals surface area contributed by atoms with Gasteiger partial charge in [-0.2, -0.15) is 5.26 Å². The predicted octanol–water partition coefficient (Wildman–Crippen LogP) is 6.85. The van der Waals surface area contributed by atoms with Gasteiger partial charge in [-0.15, -0.1) is 13.2 Å². The highest BCUT2D eigenvalue weighted by Crippen LogP contribution is 2.64. The lowest BCUT2D eigenvalue weighted by Gasteiger charge is -2.34. The number of alkyl halides is 3. The molecule has 7 heteroatoms. The number of hydrogen-bond acceptors (Lipinski definition) is 3. The van der Waals surface area contributed by atoms with E-state index in [4.69, 9.17) is 0 Å². The Morgan fingerprint density at radius 1 is 1.06 bits per heavy atom. The Kier molecular flexibility index (Phi) is 6.72. The molecule has 190 valence electrons. The number of rotatable bonds is 6. The molecule has 1 amide bonds. The van der Waals surface area contributed by atoms with Crippen LogP contribution in [0, 0.1) is 29.1 Å². The monoisotopic (exact) mass is 496 g/mol. The van der Waals surface area contributed by atoms with Crippen LogP contribution in [0.25, 0.3) is 0 Å². The lowest BCUT2D eigenvalue weighted by molar-refractivity contribution is -0.274. The van der Waals surface area contributed by atoms with E-state index in [1.165, 1.54) is 68.4 Å². The molecule has 3 unspecified atom stereocenters. The first-order valence-corrected chi connectivity index (χ1v) is 12.9. The second-order valence-corrected chi connectivity index (χ2v) is 10.8. The number of likely N-dealkylation sites (tertiary alicyclic amines) is 1. The highest BCUT2D eigenvalue weighted by Gasteiger charge is 2.57. The lowest BCUT2D eigenvalue weighted by Crippen LogP contribution is -2.38. The number of ether oxygens (including phenoxy) is 1. The topological polar surface area (TPSA) is 53.3 Å². The normalized spacial score (nSPS) is 26.1. The molecule has 3 atom stereocenters. The Bertz CT molecular complexity index is 1130. The van der Waals surface area contributed by atoms with Crippen molar-refractivity contribution < 1.29 is 22.7 Å². The van der Waals surface area contributed by atoms with E-state index in [1.54, 1.807) is 0 Å². The van der Waals surface area contributed by atoms with E-state index >= 15 is 0 Å². The van der Waals surface area contributed by atoms with Crippen molar-refractivity contribution in [3.63, 3.8) is 0 Å². The SMILES string of the molecule is N#Cc1cccc(C23CCC(CCC4CCN(C(=O)c5ccc(OC(F)(F)F)cc5)CC4)CC2C3)c1. The predicted molar refractivity (Wildman–Crippen MR) is 129 cm³/mol. The molecule has 5 rings (SSSR count). The van der Waals surface area contributed by atoms with Gasteiger partial charge in [-0.25, -0.2) is 0 Å². The quantitative estimate of drug-likeness (QED) is 0.440. The number of halogens is 3. The standard InChI is InChI=1S/C29H31F3N2O2/c30-29(31,32)36-26-8-6-23(7-9-26)27(35)34-14-11-20(12-15-34)4-5-21-10-13-28(18-25(28)16-21)24-3-1-2-22(17-24)19-33/h1-3,6-9,17,20-21,25H,4-5,10-16,18H2. The maximum atomic E-state index is 12.8. The van der Waals surface area contributed by atoms with Gasteiger partial charge in [0.05, 0.1) is 11.6 Å². The minimum absolute atomic E-state index is 0.134. The van der Waals surface area contributed by atoms with Crippen LogP contribution in [-0.2, 0) is 5.41 Å². The third kappa shape index (κ3) is 5.38. The molecular weight excluding hydrogens is 465 g/mol. The van der Waals surface area contributed by atoms with E-state index in [0.29, 0.717) is 30.0 Å². The van der Waals surface area contributed by atoms with E-state index < -0.39 is 6.36 Å². The summed E-state index contributed by atoms with van der Waals surface area (Å²) in [6.07, 6.45) is 4.64. The lowest BCUT2D eigenvalue weighted by atomic mass is 9.75.